The Morgan fingerprint density at radius 3 is 2.27 bits per heavy atom. The van der Waals surface area contributed by atoms with E-state index in [9.17, 15) is 18.0 Å². The van der Waals surface area contributed by atoms with Crippen molar-refractivity contribution in [3.05, 3.63) is 120 Å². The molecule has 11 heteroatoms. The molecule has 10 nitrogen and oxygen atoms in total. The van der Waals surface area contributed by atoms with E-state index in [2.05, 4.69) is 5.32 Å². The van der Waals surface area contributed by atoms with Crippen LogP contribution in [0.1, 0.15) is 36.5 Å². The predicted octanol–water partition coefficient (Wildman–Crippen LogP) is 6.05. The molecule has 0 fully saturated rings. The summed E-state index contributed by atoms with van der Waals surface area (Å²) in [6.45, 7) is 2.77. The standard InChI is InChI=1S/C33H34N4O6S/c1-2-3-20-37(33(39)43-28-18-16-26(17-19-28)29-14-7-8-15-30(29)44(35,40)41)22-25-12-9-13-27(21-25)31(34)36-32(38)42-23-24-10-5-4-6-11-24/h4-19,21H,2-3,20,22-23H2,1H3,(H2,34,36,38)(H2,35,40,41). The van der Waals surface area contributed by atoms with Crippen molar-refractivity contribution in [3.8, 4) is 16.9 Å². The van der Waals surface area contributed by atoms with Gasteiger partial charge in [-0.05, 0) is 47.4 Å². The van der Waals surface area contributed by atoms with Crippen LogP contribution in [0, 0.1) is 5.41 Å². The van der Waals surface area contributed by atoms with Crippen molar-refractivity contribution in [3.63, 3.8) is 0 Å². The van der Waals surface area contributed by atoms with Gasteiger partial charge in [-0.15, -0.1) is 0 Å². The molecule has 228 valence electrons. The van der Waals surface area contributed by atoms with Crippen molar-refractivity contribution in [2.45, 2.75) is 37.8 Å². The molecule has 0 aliphatic carbocycles. The SMILES string of the molecule is CCCCN(Cc1cccc(C(=N)NC(=O)OCc2ccccc2)c1)C(=O)Oc1ccc(-c2ccccc2S(N)(=O)=O)cc1. The number of benzene rings is 4. The van der Waals surface area contributed by atoms with Gasteiger partial charge in [-0.2, -0.15) is 0 Å². The van der Waals surface area contributed by atoms with Gasteiger partial charge in [-0.25, -0.2) is 23.1 Å². The first-order valence-electron chi connectivity index (χ1n) is 14.0. The monoisotopic (exact) mass is 614 g/mol. The highest BCUT2D eigenvalue weighted by molar-refractivity contribution is 7.89. The molecule has 0 aliphatic heterocycles. The van der Waals surface area contributed by atoms with Gasteiger partial charge in [0, 0.05) is 24.2 Å². The number of rotatable bonds is 11. The normalized spacial score (nSPS) is 11.0. The minimum atomic E-state index is -3.92. The van der Waals surface area contributed by atoms with Gasteiger partial charge in [0.1, 0.15) is 18.2 Å². The van der Waals surface area contributed by atoms with Crippen molar-refractivity contribution >= 4 is 28.0 Å². The number of sulfonamides is 1. The number of unbranched alkanes of at least 4 members (excludes halogenated alkanes) is 1. The van der Waals surface area contributed by atoms with E-state index in [0.29, 0.717) is 29.0 Å². The minimum absolute atomic E-state index is 0.00470. The van der Waals surface area contributed by atoms with Gasteiger partial charge in [0.2, 0.25) is 10.0 Å². The molecule has 4 aromatic rings. The molecule has 0 atom stereocenters. The molecule has 4 N–H and O–H groups in total. The Morgan fingerprint density at radius 2 is 1.57 bits per heavy atom. The summed E-state index contributed by atoms with van der Waals surface area (Å²) in [6.07, 6.45) is 0.320. The highest BCUT2D eigenvalue weighted by Gasteiger charge is 2.18. The lowest BCUT2D eigenvalue weighted by Crippen LogP contribution is -2.34. The number of alkyl carbamates (subject to hydrolysis) is 1. The molecule has 0 saturated heterocycles. The topological polar surface area (TPSA) is 152 Å². The van der Waals surface area contributed by atoms with Gasteiger partial charge in [0.15, 0.2) is 0 Å². The van der Waals surface area contributed by atoms with Gasteiger partial charge in [-0.1, -0.05) is 92.2 Å². The summed E-state index contributed by atoms with van der Waals surface area (Å²) in [5.41, 5.74) is 3.09. The third-order valence-corrected chi connectivity index (χ3v) is 7.60. The van der Waals surface area contributed by atoms with Gasteiger partial charge in [-0.3, -0.25) is 10.7 Å². The number of nitrogens with zero attached hydrogens (tertiary/aromatic N) is 1. The fraction of sp³-hybridized carbons (Fsp3) is 0.182. The minimum Gasteiger partial charge on any atom is -0.444 e. The molecule has 44 heavy (non-hydrogen) atoms. The van der Waals surface area contributed by atoms with E-state index in [-0.39, 0.29) is 23.9 Å². The van der Waals surface area contributed by atoms with Gasteiger partial charge < -0.3 is 14.4 Å². The molecule has 0 unspecified atom stereocenters. The molecule has 0 saturated carbocycles. The third kappa shape index (κ3) is 9.00. The number of primary sulfonamides is 1. The van der Waals surface area contributed by atoms with E-state index in [1.807, 2.05) is 43.3 Å². The second-order valence-electron chi connectivity index (χ2n) is 9.97. The lowest BCUT2D eigenvalue weighted by molar-refractivity contribution is 0.145. The zero-order chi connectivity index (χ0) is 31.5. The van der Waals surface area contributed by atoms with Crippen LogP contribution in [-0.4, -0.2) is 37.9 Å². The van der Waals surface area contributed by atoms with Gasteiger partial charge >= 0.3 is 12.2 Å². The van der Waals surface area contributed by atoms with Crippen LogP contribution in [0.15, 0.2) is 108 Å². The number of amides is 2. The zero-order valence-corrected chi connectivity index (χ0v) is 25.0. The first kappa shape index (κ1) is 31.9. The summed E-state index contributed by atoms with van der Waals surface area (Å²) in [7, 11) is -3.92. The molecular formula is C33H34N4O6S. The van der Waals surface area contributed by atoms with E-state index in [4.69, 9.17) is 20.0 Å². The molecule has 0 aliphatic rings. The van der Waals surface area contributed by atoms with Crippen molar-refractivity contribution in [1.29, 1.82) is 5.41 Å². The molecule has 0 spiro atoms. The van der Waals surface area contributed by atoms with Crippen LogP contribution in [0.3, 0.4) is 0 Å². The Morgan fingerprint density at radius 1 is 0.886 bits per heavy atom. The maximum Gasteiger partial charge on any atom is 0.415 e. The number of hydrogen-bond acceptors (Lipinski definition) is 7. The van der Waals surface area contributed by atoms with Gasteiger partial charge in [0.05, 0.1) is 4.90 Å². The second-order valence-corrected chi connectivity index (χ2v) is 11.5. The zero-order valence-electron chi connectivity index (χ0n) is 24.2. The predicted molar refractivity (Wildman–Crippen MR) is 168 cm³/mol. The Labute approximate surface area is 257 Å². The van der Waals surface area contributed by atoms with Gasteiger partial charge in [0.25, 0.3) is 0 Å². The second kappa shape index (κ2) is 14.9. The van der Waals surface area contributed by atoms with Crippen LogP contribution < -0.4 is 15.2 Å². The Hall–Kier alpha value is -5.00. The van der Waals surface area contributed by atoms with Crippen molar-refractivity contribution in [2.75, 3.05) is 6.54 Å². The first-order chi connectivity index (χ1) is 21.1. The van der Waals surface area contributed by atoms with E-state index >= 15 is 0 Å². The molecule has 0 bridgehead atoms. The average molecular weight is 615 g/mol. The largest absolute Gasteiger partial charge is 0.444 e. The Kier molecular flexibility index (Phi) is 10.8. The number of nitrogens with one attached hydrogen (secondary N) is 2. The smallest absolute Gasteiger partial charge is 0.415 e. The van der Waals surface area contributed by atoms with Crippen molar-refractivity contribution < 1.29 is 27.5 Å². The van der Waals surface area contributed by atoms with E-state index < -0.39 is 22.2 Å². The first-order valence-corrected chi connectivity index (χ1v) is 15.5. The Balaban J connectivity index is 1.40. The number of hydrogen-bond donors (Lipinski definition) is 3. The summed E-state index contributed by atoms with van der Waals surface area (Å²) in [6, 6.07) is 29.1. The molecule has 0 heterocycles. The van der Waals surface area contributed by atoms with E-state index in [1.165, 1.54) is 6.07 Å². The maximum atomic E-state index is 13.2. The Bertz CT molecular complexity index is 1710. The summed E-state index contributed by atoms with van der Waals surface area (Å²) in [5, 5.41) is 16.1. The fourth-order valence-electron chi connectivity index (χ4n) is 4.38. The number of ether oxygens (including phenoxy) is 2. The summed E-state index contributed by atoms with van der Waals surface area (Å²) >= 11 is 0. The van der Waals surface area contributed by atoms with Crippen LogP contribution in [0.25, 0.3) is 11.1 Å². The number of amidine groups is 1. The summed E-state index contributed by atoms with van der Waals surface area (Å²) < 4.78 is 34.9. The summed E-state index contributed by atoms with van der Waals surface area (Å²) in [4.78, 5) is 27.0. The van der Waals surface area contributed by atoms with Crippen LogP contribution in [0.2, 0.25) is 0 Å². The summed E-state index contributed by atoms with van der Waals surface area (Å²) in [5.74, 6) is 0.166. The molecule has 0 radical (unpaired) electrons. The van der Waals surface area contributed by atoms with Crippen LogP contribution in [-0.2, 0) is 27.9 Å². The lowest BCUT2D eigenvalue weighted by atomic mass is 10.1. The quantitative estimate of drug-likeness (QED) is 0.138. The highest BCUT2D eigenvalue weighted by Crippen LogP contribution is 2.28. The molecule has 4 rings (SSSR count). The molecule has 0 aromatic heterocycles. The number of carbonyl (C=O) groups excluding carboxylic acids is 2. The third-order valence-electron chi connectivity index (χ3n) is 6.63. The highest BCUT2D eigenvalue weighted by atomic mass is 32.2. The average Bonchev–Trinajstić information content (AvgIpc) is 3.02. The van der Waals surface area contributed by atoms with Crippen LogP contribution in [0.5, 0.6) is 5.75 Å². The van der Waals surface area contributed by atoms with E-state index in [1.54, 1.807) is 65.6 Å². The van der Waals surface area contributed by atoms with E-state index in [0.717, 1.165) is 24.0 Å². The maximum absolute atomic E-state index is 13.2. The van der Waals surface area contributed by atoms with Crippen LogP contribution >= 0.6 is 0 Å². The number of carbonyl (C=O) groups is 2. The molecule has 2 amide bonds. The molecule has 4 aromatic carbocycles. The lowest BCUT2D eigenvalue weighted by Gasteiger charge is -2.22. The van der Waals surface area contributed by atoms with Crippen LogP contribution in [0.4, 0.5) is 9.59 Å². The fourth-order valence-corrected chi connectivity index (χ4v) is 5.14. The van der Waals surface area contributed by atoms with Crippen molar-refractivity contribution in [1.82, 2.24) is 10.2 Å². The molecular weight excluding hydrogens is 580 g/mol. The number of nitrogens with two attached hydrogens (primary N) is 1. The van der Waals surface area contributed by atoms with Crippen molar-refractivity contribution in [2.24, 2.45) is 5.14 Å².